The van der Waals surface area contributed by atoms with Crippen molar-refractivity contribution in [1.82, 2.24) is 4.98 Å². The average Bonchev–Trinajstić information content (AvgIpc) is 2.70. The van der Waals surface area contributed by atoms with E-state index in [9.17, 15) is 17.6 Å². The minimum Gasteiger partial charge on any atom is -0.324 e. The number of benzene rings is 2. The zero-order valence-corrected chi connectivity index (χ0v) is 16.8. The smallest absolute Gasteiger partial charge is 0.266 e. The number of carbonyl (C=O) groups excluding carboxylic acids is 1. The van der Waals surface area contributed by atoms with Gasteiger partial charge in [0.15, 0.2) is 0 Å². The number of carbonyl (C=O) groups is 1. The number of rotatable bonds is 6. The van der Waals surface area contributed by atoms with Crippen molar-refractivity contribution < 1.29 is 17.6 Å². The summed E-state index contributed by atoms with van der Waals surface area (Å²) in [5.41, 5.74) is 2.53. The lowest BCUT2D eigenvalue weighted by atomic mass is 10.1. The van der Waals surface area contributed by atoms with Crippen molar-refractivity contribution in [2.45, 2.75) is 18.7 Å². The number of nitrogens with zero attached hydrogens (tertiary/aromatic N) is 2. The zero-order valence-electron chi connectivity index (χ0n) is 16.0. The highest BCUT2D eigenvalue weighted by molar-refractivity contribution is 7.92. The van der Waals surface area contributed by atoms with Crippen molar-refractivity contribution in [3.8, 4) is 0 Å². The fourth-order valence-corrected chi connectivity index (χ4v) is 4.26. The third-order valence-corrected chi connectivity index (χ3v) is 6.13. The number of para-hydroxylation sites is 1. The van der Waals surface area contributed by atoms with Gasteiger partial charge >= 0.3 is 0 Å². The molecule has 0 atom stereocenters. The molecule has 8 heteroatoms. The van der Waals surface area contributed by atoms with Crippen molar-refractivity contribution in [1.29, 1.82) is 0 Å². The highest BCUT2D eigenvalue weighted by Gasteiger charge is 2.27. The van der Waals surface area contributed by atoms with Crippen LogP contribution >= 0.6 is 0 Å². The summed E-state index contributed by atoms with van der Waals surface area (Å²) < 4.78 is 40.6. The summed E-state index contributed by atoms with van der Waals surface area (Å²) in [5, 5.41) is 2.78. The van der Waals surface area contributed by atoms with E-state index < -0.39 is 28.3 Å². The molecule has 0 spiro atoms. The van der Waals surface area contributed by atoms with Gasteiger partial charge in [-0.25, -0.2) is 12.8 Å². The molecule has 0 saturated carbocycles. The summed E-state index contributed by atoms with van der Waals surface area (Å²) in [6.07, 6.45) is 2.66. The van der Waals surface area contributed by atoms with Gasteiger partial charge in [-0.15, -0.1) is 0 Å². The number of aryl methyl sites for hydroxylation is 2. The second-order valence-electron chi connectivity index (χ2n) is 6.49. The second kappa shape index (κ2) is 8.40. The summed E-state index contributed by atoms with van der Waals surface area (Å²) in [5.74, 6) is -1.02. The first-order chi connectivity index (χ1) is 13.8. The summed E-state index contributed by atoms with van der Waals surface area (Å²) in [7, 11) is -4.09. The Labute approximate surface area is 169 Å². The normalized spacial score (nSPS) is 11.1. The number of hydrogen-bond acceptors (Lipinski definition) is 4. The molecule has 0 saturated heterocycles. The molecule has 0 bridgehead atoms. The Morgan fingerprint density at radius 3 is 2.28 bits per heavy atom. The van der Waals surface area contributed by atoms with Crippen LogP contribution in [0.3, 0.4) is 0 Å². The van der Waals surface area contributed by atoms with Gasteiger partial charge in [0, 0.05) is 18.1 Å². The zero-order chi connectivity index (χ0) is 21.0. The molecule has 1 N–H and O–H groups in total. The van der Waals surface area contributed by atoms with E-state index in [0.717, 1.165) is 27.6 Å². The summed E-state index contributed by atoms with van der Waals surface area (Å²) in [6, 6.07) is 13.4. The molecule has 2 aromatic carbocycles. The summed E-state index contributed by atoms with van der Waals surface area (Å²) >= 11 is 0. The number of aromatic nitrogens is 1. The lowest BCUT2D eigenvalue weighted by molar-refractivity contribution is -0.114. The van der Waals surface area contributed by atoms with Crippen LogP contribution in [0.5, 0.6) is 0 Å². The molecular formula is C21H20FN3O3S. The molecule has 150 valence electrons. The molecule has 3 aromatic rings. The largest absolute Gasteiger partial charge is 0.324 e. The van der Waals surface area contributed by atoms with E-state index in [-0.39, 0.29) is 10.6 Å². The molecule has 0 radical (unpaired) electrons. The quantitative estimate of drug-likeness (QED) is 0.669. The van der Waals surface area contributed by atoms with Crippen LogP contribution in [-0.2, 0) is 14.8 Å². The van der Waals surface area contributed by atoms with Crippen LogP contribution in [0.1, 0.15) is 11.1 Å². The summed E-state index contributed by atoms with van der Waals surface area (Å²) in [6.45, 7) is 3.23. The number of anilines is 2. The molecule has 1 amide bonds. The lowest BCUT2D eigenvalue weighted by Gasteiger charge is -2.24. The number of halogens is 1. The highest BCUT2D eigenvalue weighted by Crippen LogP contribution is 2.24. The van der Waals surface area contributed by atoms with Gasteiger partial charge in [0.25, 0.3) is 10.0 Å². The van der Waals surface area contributed by atoms with E-state index in [0.29, 0.717) is 5.69 Å². The number of amides is 1. The van der Waals surface area contributed by atoms with Gasteiger partial charge in [0.1, 0.15) is 17.3 Å². The molecule has 1 aromatic heterocycles. The Hall–Kier alpha value is -3.26. The van der Waals surface area contributed by atoms with Gasteiger partial charge in [-0.05, 0) is 61.4 Å². The third kappa shape index (κ3) is 4.60. The van der Waals surface area contributed by atoms with Crippen LogP contribution in [0.25, 0.3) is 0 Å². The van der Waals surface area contributed by atoms with E-state index in [4.69, 9.17) is 0 Å². The van der Waals surface area contributed by atoms with Gasteiger partial charge in [-0.1, -0.05) is 18.2 Å². The molecule has 6 nitrogen and oxygen atoms in total. The van der Waals surface area contributed by atoms with Crippen LogP contribution in [0, 0.1) is 19.7 Å². The standard InChI is InChI=1S/C21H20FN3O3S/c1-15-5-3-6-16(2)21(15)24-20(26)14-25(18-10-8-17(22)9-11-18)29(27,28)19-7-4-12-23-13-19/h3-13H,14H2,1-2H3,(H,24,26). The highest BCUT2D eigenvalue weighted by atomic mass is 32.2. The van der Waals surface area contributed by atoms with Crippen LogP contribution in [-0.4, -0.2) is 25.9 Å². The van der Waals surface area contributed by atoms with Crippen LogP contribution < -0.4 is 9.62 Å². The average molecular weight is 413 g/mol. The van der Waals surface area contributed by atoms with Crippen molar-refractivity contribution >= 4 is 27.3 Å². The molecule has 0 aliphatic rings. The lowest BCUT2D eigenvalue weighted by Crippen LogP contribution is -2.38. The Bertz CT molecular complexity index is 1100. The monoisotopic (exact) mass is 413 g/mol. The minimum atomic E-state index is -4.09. The molecule has 0 unspecified atom stereocenters. The number of hydrogen-bond donors (Lipinski definition) is 1. The van der Waals surface area contributed by atoms with Crippen molar-refractivity contribution in [2.75, 3.05) is 16.2 Å². The third-order valence-electron chi connectivity index (χ3n) is 4.37. The van der Waals surface area contributed by atoms with Gasteiger partial charge in [0.2, 0.25) is 5.91 Å². The van der Waals surface area contributed by atoms with E-state index in [1.807, 2.05) is 32.0 Å². The maximum Gasteiger partial charge on any atom is 0.266 e. The van der Waals surface area contributed by atoms with E-state index in [1.54, 1.807) is 0 Å². The SMILES string of the molecule is Cc1cccc(C)c1NC(=O)CN(c1ccc(F)cc1)S(=O)(=O)c1cccnc1. The van der Waals surface area contributed by atoms with E-state index in [1.165, 1.54) is 36.7 Å². The fraction of sp³-hybridized carbons (Fsp3) is 0.143. The van der Waals surface area contributed by atoms with Gasteiger partial charge in [-0.3, -0.25) is 14.1 Å². The molecule has 0 aliphatic heterocycles. The van der Waals surface area contributed by atoms with Gasteiger partial charge in [0.05, 0.1) is 5.69 Å². The number of nitrogens with one attached hydrogen (secondary N) is 1. The molecule has 29 heavy (non-hydrogen) atoms. The van der Waals surface area contributed by atoms with Crippen LogP contribution in [0.15, 0.2) is 71.9 Å². The topological polar surface area (TPSA) is 79.4 Å². The first kappa shape index (κ1) is 20.5. The van der Waals surface area contributed by atoms with Crippen molar-refractivity contribution in [3.05, 3.63) is 83.9 Å². The molecule has 0 fully saturated rings. The minimum absolute atomic E-state index is 0.0656. The molecular weight excluding hydrogens is 393 g/mol. The predicted molar refractivity (Wildman–Crippen MR) is 110 cm³/mol. The van der Waals surface area contributed by atoms with E-state index in [2.05, 4.69) is 10.3 Å². The van der Waals surface area contributed by atoms with E-state index >= 15 is 0 Å². The first-order valence-electron chi connectivity index (χ1n) is 8.83. The van der Waals surface area contributed by atoms with Gasteiger partial charge in [-0.2, -0.15) is 0 Å². The second-order valence-corrected chi connectivity index (χ2v) is 8.35. The maximum atomic E-state index is 13.4. The Morgan fingerprint density at radius 1 is 1.03 bits per heavy atom. The molecule has 1 heterocycles. The van der Waals surface area contributed by atoms with Crippen molar-refractivity contribution in [2.24, 2.45) is 0 Å². The summed E-state index contributed by atoms with van der Waals surface area (Å²) in [4.78, 5) is 16.5. The first-order valence-corrected chi connectivity index (χ1v) is 10.3. The molecule has 3 rings (SSSR count). The predicted octanol–water partition coefficient (Wildman–Crippen LogP) is 3.67. The maximum absolute atomic E-state index is 13.4. The molecule has 0 aliphatic carbocycles. The number of sulfonamides is 1. The number of pyridine rings is 1. The van der Waals surface area contributed by atoms with Crippen LogP contribution in [0.4, 0.5) is 15.8 Å². The Balaban J connectivity index is 1.96. The van der Waals surface area contributed by atoms with Crippen LogP contribution in [0.2, 0.25) is 0 Å². The van der Waals surface area contributed by atoms with Gasteiger partial charge < -0.3 is 5.32 Å². The fourth-order valence-electron chi connectivity index (χ4n) is 2.87. The van der Waals surface area contributed by atoms with Crippen molar-refractivity contribution in [3.63, 3.8) is 0 Å². The Morgan fingerprint density at radius 2 is 1.69 bits per heavy atom. The Kier molecular flexibility index (Phi) is 5.93.